The second-order valence-electron chi connectivity index (χ2n) is 2.46. The van der Waals surface area contributed by atoms with Gasteiger partial charge in [-0.15, -0.1) is 0 Å². The van der Waals surface area contributed by atoms with E-state index in [1.165, 1.54) is 6.26 Å². The highest BCUT2D eigenvalue weighted by Gasteiger charge is 2.02. The van der Waals surface area contributed by atoms with Crippen LogP contribution in [-0.4, -0.2) is 4.98 Å². The largest absolute Gasteiger partial charge is 0.459 e. The van der Waals surface area contributed by atoms with E-state index < -0.39 is 0 Å². The first-order chi connectivity index (χ1) is 5.29. The average Bonchev–Trinajstić information content (AvgIpc) is 2.45. The van der Waals surface area contributed by atoms with Gasteiger partial charge in [0.05, 0.1) is 6.26 Å². The van der Waals surface area contributed by atoms with Crippen molar-refractivity contribution in [2.45, 2.75) is 6.92 Å². The molecule has 2 aromatic heterocycles. The minimum absolute atomic E-state index is 0.171. The molecule has 1 N–H and O–H groups in total. The van der Waals surface area contributed by atoms with Gasteiger partial charge in [-0.1, -0.05) is 0 Å². The van der Waals surface area contributed by atoms with Crippen molar-refractivity contribution in [3.63, 3.8) is 0 Å². The molecule has 3 heteroatoms. The first-order valence-electron chi connectivity index (χ1n) is 3.34. The molecule has 0 aliphatic heterocycles. The number of furan rings is 1. The van der Waals surface area contributed by atoms with Crippen molar-refractivity contribution in [2.75, 3.05) is 0 Å². The van der Waals surface area contributed by atoms with Crippen molar-refractivity contribution in [1.82, 2.24) is 4.98 Å². The lowest BCUT2D eigenvalue weighted by molar-refractivity contribution is 0.610. The van der Waals surface area contributed by atoms with Gasteiger partial charge in [-0.2, -0.15) is 0 Å². The van der Waals surface area contributed by atoms with E-state index in [0.717, 1.165) is 10.9 Å². The fourth-order valence-electron chi connectivity index (χ4n) is 1.11. The van der Waals surface area contributed by atoms with Gasteiger partial charge < -0.3 is 9.40 Å². The Morgan fingerprint density at radius 2 is 2.36 bits per heavy atom. The number of fused-ring (bicyclic) bond motifs is 1. The lowest BCUT2D eigenvalue weighted by atomic mass is 10.2. The van der Waals surface area contributed by atoms with Crippen molar-refractivity contribution in [2.24, 2.45) is 0 Å². The molecule has 0 atom stereocenters. The van der Waals surface area contributed by atoms with E-state index in [0.29, 0.717) is 5.58 Å². The van der Waals surface area contributed by atoms with E-state index in [2.05, 4.69) is 4.98 Å². The molecule has 0 spiro atoms. The second kappa shape index (κ2) is 1.99. The molecule has 2 aromatic rings. The molecule has 0 bridgehead atoms. The van der Waals surface area contributed by atoms with Crippen molar-refractivity contribution in [3.8, 4) is 0 Å². The number of aromatic nitrogens is 1. The monoisotopic (exact) mass is 149 g/mol. The molecule has 0 unspecified atom stereocenters. The van der Waals surface area contributed by atoms with E-state index >= 15 is 0 Å². The normalized spacial score (nSPS) is 10.6. The maximum absolute atomic E-state index is 11.0. The Balaban J connectivity index is 3.08. The predicted molar refractivity (Wildman–Crippen MR) is 41.6 cm³/mol. The Morgan fingerprint density at radius 3 is 3.09 bits per heavy atom. The number of hydrogen-bond acceptors (Lipinski definition) is 2. The lowest BCUT2D eigenvalue weighted by Gasteiger charge is -1.90. The number of nitrogens with one attached hydrogen (secondary N) is 1. The smallest absolute Gasteiger partial charge is 0.291 e. The minimum atomic E-state index is -0.171. The van der Waals surface area contributed by atoms with Gasteiger partial charge in [-0.05, 0) is 18.6 Å². The molecule has 0 saturated heterocycles. The molecule has 2 heterocycles. The van der Waals surface area contributed by atoms with E-state index in [4.69, 9.17) is 4.42 Å². The van der Waals surface area contributed by atoms with Gasteiger partial charge in [-0.25, -0.2) is 0 Å². The van der Waals surface area contributed by atoms with E-state index in [1.807, 2.05) is 6.92 Å². The van der Waals surface area contributed by atoms with Crippen LogP contribution in [0.4, 0.5) is 0 Å². The highest BCUT2D eigenvalue weighted by Crippen LogP contribution is 2.13. The van der Waals surface area contributed by atoms with Crippen LogP contribution in [0.15, 0.2) is 27.7 Å². The summed E-state index contributed by atoms with van der Waals surface area (Å²) in [6.45, 7) is 1.92. The summed E-state index contributed by atoms with van der Waals surface area (Å²) in [5, 5.41) is 0.883. The van der Waals surface area contributed by atoms with Crippen LogP contribution in [0.5, 0.6) is 0 Å². The standard InChI is InChI=1S/C8H7NO2/c1-5-4-9-8(10)7-6(5)2-3-11-7/h2-4H,1H3,(H,9,10). The molecule has 0 amide bonds. The van der Waals surface area contributed by atoms with Crippen molar-refractivity contribution in [1.29, 1.82) is 0 Å². The van der Waals surface area contributed by atoms with Crippen LogP contribution < -0.4 is 5.56 Å². The summed E-state index contributed by atoms with van der Waals surface area (Å²) in [6.07, 6.45) is 3.20. The number of pyridine rings is 1. The quantitative estimate of drug-likeness (QED) is 0.615. The molecule has 0 radical (unpaired) electrons. The fraction of sp³-hybridized carbons (Fsp3) is 0.125. The fourth-order valence-corrected chi connectivity index (χ4v) is 1.11. The van der Waals surface area contributed by atoms with Gasteiger partial charge >= 0.3 is 0 Å². The molecule has 3 nitrogen and oxygen atoms in total. The van der Waals surface area contributed by atoms with Crippen LogP contribution in [0.2, 0.25) is 0 Å². The zero-order valence-electron chi connectivity index (χ0n) is 6.05. The van der Waals surface area contributed by atoms with Crippen LogP contribution in [0.3, 0.4) is 0 Å². The first kappa shape index (κ1) is 6.22. The Morgan fingerprint density at radius 1 is 1.55 bits per heavy atom. The Labute approximate surface area is 62.7 Å². The summed E-state index contributed by atoms with van der Waals surface area (Å²) in [7, 11) is 0. The van der Waals surface area contributed by atoms with Gasteiger partial charge in [0.25, 0.3) is 5.56 Å². The molecule has 0 saturated carbocycles. The Bertz CT molecular complexity index is 439. The van der Waals surface area contributed by atoms with Crippen LogP contribution in [0.25, 0.3) is 11.0 Å². The van der Waals surface area contributed by atoms with Crippen LogP contribution in [-0.2, 0) is 0 Å². The predicted octanol–water partition coefficient (Wildman–Crippen LogP) is 1.43. The molecule has 2 rings (SSSR count). The molecule has 0 aromatic carbocycles. The molecule has 56 valence electrons. The van der Waals surface area contributed by atoms with E-state index in [1.54, 1.807) is 12.3 Å². The van der Waals surface area contributed by atoms with E-state index in [9.17, 15) is 4.79 Å². The van der Waals surface area contributed by atoms with Gasteiger partial charge in [0.2, 0.25) is 0 Å². The molecule has 0 fully saturated rings. The highest BCUT2D eigenvalue weighted by molar-refractivity contribution is 5.79. The van der Waals surface area contributed by atoms with Gasteiger partial charge in [-0.3, -0.25) is 4.79 Å². The zero-order chi connectivity index (χ0) is 7.84. The number of rotatable bonds is 0. The maximum Gasteiger partial charge on any atom is 0.291 e. The Hall–Kier alpha value is -1.51. The maximum atomic E-state index is 11.0. The SMILES string of the molecule is Cc1c[nH]c(=O)c2occc12. The summed E-state index contributed by atoms with van der Waals surface area (Å²) in [6, 6.07) is 1.79. The van der Waals surface area contributed by atoms with Gasteiger partial charge in [0, 0.05) is 11.6 Å². The first-order valence-corrected chi connectivity index (χ1v) is 3.34. The third-order valence-corrected chi connectivity index (χ3v) is 1.72. The van der Waals surface area contributed by atoms with Gasteiger partial charge in [0.15, 0.2) is 5.58 Å². The molecule has 0 aliphatic carbocycles. The number of aromatic amines is 1. The number of hydrogen-bond donors (Lipinski definition) is 1. The molecule has 11 heavy (non-hydrogen) atoms. The average molecular weight is 149 g/mol. The van der Waals surface area contributed by atoms with Crippen molar-refractivity contribution < 1.29 is 4.42 Å². The summed E-state index contributed by atoms with van der Waals surface area (Å²) in [4.78, 5) is 13.6. The van der Waals surface area contributed by atoms with Crippen LogP contribution >= 0.6 is 0 Å². The second-order valence-corrected chi connectivity index (χ2v) is 2.46. The number of H-pyrrole nitrogens is 1. The van der Waals surface area contributed by atoms with Crippen molar-refractivity contribution >= 4 is 11.0 Å². The van der Waals surface area contributed by atoms with Gasteiger partial charge in [0.1, 0.15) is 0 Å². The third-order valence-electron chi connectivity index (χ3n) is 1.72. The highest BCUT2D eigenvalue weighted by atomic mass is 16.3. The summed E-state index contributed by atoms with van der Waals surface area (Å²) in [5.41, 5.74) is 1.26. The van der Waals surface area contributed by atoms with Crippen molar-refractivity contribution in [3.05, 3.63) is 34.4 Å². The summed E-state index contributed by atoms with van der Waals surface area (Å²) >= 11 is 0. The molecule has 0 aliphatic rings. The molecular weight excluding hydrogens is 142 g/mol. The Kier molecular flexibility index (Phi) is 1.12. The number of aryl methyl sites for hydroxylation is 1. The van der Waals surface area contributed by atoms with Crippen LogP contribution in [0.1, 0.15) is 5.56 Å². The third kappa shape index (κ3) is 0.774. The lowest BCUT2D eigenvalue weighted by Crippen LogP contribution is -2.03. The van der Waals surface area contributed by atoms with Crippen LogP contribution in [0, 0.1) is 6.92 Å². The summed E-state index contributed by atoms with van der Waals surface area (Å²) in [5.74, 6) is 0. The van der Waals surface area contributed by atoms with E-state index in [-0.39, 0.29) is 5.56 Å². The summed E-state index contributed by atoms with van der Waals surface area (Å²) < 4.78 is 4.99. The topological polar surface area (TPSA) is 46.0 Å². The molecular formula is C8H7NO2. The zero-order valence-corrected chi connectivity index (χ0v) is 6.05. The minimum Gasteiger partial charge on any atom is -0.459 e.